The first-order chi connectivity index (χ1) is 9.39. The third kappa shape index (κ3) is 3.88. The smallest absolute Gasteiger partial charge is 0.410 e. The predicted octanol–water partition coefficient (Wildman–Crippen LogP) is 3.71. The van der Waals surface area contributed by atoms with Gasteiger partial charge < -0.3 is 14.4 Å². The molecule has 0 spiro atoms. The Kier molecular flexibility index (Phi) is 4.58. The minimum atomic E-state index is -0.453. The molecule has 4 nitrogen and oxygen atoms in total. The maximum atomic E-state index is 12.1. The van der Waals surface area contributed by atoms with Gasteiger partial charge in [0.05, 0.1) is 0 Å². The lowest BCUT2D eigenvalue weighted by Gasteiger charge is -2.31. The monoisotopic (exact) mass is 341 g/mol. The Bertz CT molecular complexity index is 496. The lowest BCUT2D eigenvalue weighted by atomic mass is 10.00. The molecule has 1 aliphatic heterocycles. The zero-order valence-corrected chi connectivity index (χ0v) is 13.7. The molecule has 5 heteroatoms. The zero-order valence-electron chi connectivity index (χ0n) is 12.1. The summed E-state index contributed by atoms with van der Waals surface area (Å²) in [5, 5.41) is 0. The Labute approximate surface area is 128 Å². The summed E-state index contributed by atoms with van der Waals surface area (Å²) in [7, 11) is 0. The van der Waals surface area contributed by atoms with Crippen LogP contribution in [-0.4, -0.2) is 28.7 Å². The minimum absolute atomic E-state index is 0.246. The van der Waals surface area contributed by atoms with Crippen molar-refractivity contribution >= 4 is 22.0 Å². The molecule has 2 rings (SSSR count). The number of benzene rings is 1. The standard InChI is InChI=1S/C15H20BrNO3/c1-15(2,3)20-14(18)17-7-6-11-8-13(19-10-16)5-4-12(11)9-17/h4-5,8H,6-7,9-10H2,1-3H3. The number of ether oxygens (including phenoxy) is 2. The average molecular weight is 342 g/mol. The van der Waals surface area contributed by atoms with Gasteiger partial charge in [0.2, 0.25) is 0 Å². The van der Waals surface area contributed by atoms with Crippen LogP contribution in [-0.2, 0) is 17.7 Å². The molecule has 20 heavy (non-hydrogen) atoms. The van der Waals surface area contributed by atoms with Gasteiger partial charge in [0.25, 0.3) is 0 Å². The van der Waals surface area contributed by atoms with E-state index in [0.717, 1.165) is 17.7 Å². The van der Waals surface area contributed by atoms with Gasteiger partial charge in [0.1, 0.15) is 16.9 Å². The van der Waals surface area contributed by atoms with Crippen molar-refractivity contribution < 1.29 is 14.3 Å². The fourth-order valence-electron chi connectivity index (χ4n) is 2.16. The average Bonchev–Trinajstić information content (AvgIpc) is 2.36. The Morgan fingerprint density at radius 3 is 2.75 bits per heavy atom. The minimum Gasteiger partial charge on any atom is -0.482 e. The molecule has 1 heterocycles. The Morgan fingerprint density at radius 2 is 2.10 bits per heavy atom. The van der Waals surface area contributed by atoms with E-state index in [1.165, 1.54) is 5.56 Å². The molecular formula is C15H20BrNO3. The number of nitrogens with zero attached hydrogens (tertiary/aromatic N) is 1. The zero-order chi connectivity index (χ0) is 14.8. The van der Waals surface area contributed by atoms with Crippen molar-refractivity contribution in [1.82, 2.24) is 4.90 Å². The summed E-state index contributed by atoms with van der Waals surface area (Å²) in [6, 6.07) is 5.99. The van der Waals surface area contributed by atoms with Crippen LogP contribution in [0.15, 0.2) is 18.2 Å². The second kappa shape index (κ2) is 6.04. The van der Waals surface area contributed by atoms with E-state index in [2.05, 4.69) is 15.9 Å². The molecule has 1 aliphatic rings. The molecule has 0 fully saturated rings. The van der Waals surface area contributed by atoms with Crippen LogP contribution in [0.5, 0.6) is 5.75 Å². The summed E-state index contributed by atoms with van der Waals surface area (Å²) in [6.07, 6.45) is 0.581. The summed E-state index contributed by atoms with van der Waals surface area (Å²) in [5.41, 5.74) is 2.42. The number of hydrogen-bond donors (Lipinski definition) is 0. The molecule has 0 saturated carbocycles. The number of hydrogen-bond acceptors (Lipinski definition) is 3. The second-order valence-electron chi connectivity index (χ2n) is 5.84. The van der Waals surface area contributed by atoms with Crippen LogP contribution in [0, 0.1) is 0 Å². The van der Waals surface area contributed by atoms with E-state index in [4.69, 9.17) is 9.47 Å². The van der Waals surface area contributed by atoms with Crippen LogP contribution in [0.4, 0.5) is 4.79 Å². The molecule has 0 saturated heterocycles. The molecular weight excluding hydrogens is 322 g/mol. The number of amides is 1. The molecule has 0 aromatic heterocycles. The first-order valence-electron chi connectivity index (χ1n) is 6.67. The normalized spacial score (nSPS) is 14.7. The van der Waals surface area contributed by atoms with Gasteiger partial charge >= 0.3 is 6.09 Å². The molecule has 0 atom stereocenters. The highest BCUT2D eigenvalue weighted by molar-refractivity contribution is 9.09. The largest absolute Gasteiger partial charge is 0.482 e. The molecule has 0 radical (unpaired) electrons. The summed E-state index contributed by atoms with van der Waals surface area (Å²) in [4.78, 5) is 13.8. The predicted molar refractivity (Wildman–Crippen MR) is 81.2 cm³/mol. The Hall–Kier alpha value is -1.23. The van der Waals surface area contributed by atoms with Gasteiger partial charge in [0, 0.05) is 13.1 Å². The highest BCUT2D eigenvalue weighted by Gasteiger charge is 2.25. The van der Waals surface area contributed by atoms with Gasteiger partial charge in [-0.3, -0.25) is 0 Å². The van der Waals surface area contributed by atoms with Gasteiger partial charge in [0.15, 0.2) is 0 Å². The molecule has 0 N–H and O–H groups in total. The first kappa shape index (κ1) is 15.2. The van der Waals surface area contributed by atoms with Gasteiger partial charge in [-0.2, -0.15) is 0 Å². The van der Waals surface area contributed by atoms with Crippen molar-refractivity contribution in [3.8, 4) is 5.75 Å². The molecule has 1 aromatic carbocycles. The molecule has 1 amide bonds. The SMILES string of the molecule is CC(C)(C)OC(=O)N1CCc2cc(OCBr)ccc2C1. The van der Waals surface area contributed by atoms with Crippen LogP contribution in [0.25, 0.3) is 0 Å². The topological polar surface area (TPSA) is 38.8 Å². The molecule has 1 aromatic rings. The van der Waals surface area contributed by atoms with Crippen LogP contribution in [0.2, 0.25) is 0 Å². The summed E-state index contributed by atoms with van der Waals surface area (Å²) in [5.74, 6) is 0.853. The van der Waals surface area contributed by atoms with Gasteiger partial charge in [-0.1, -0.05) is 6.07 Å². The molecule has 0 aliphatic carbocycles. The van der Waals surface area contributed by atoms with Crippen LogP contribution in [0.3, 0.4) is 0 Å². The van der Waals surface area contributed by atoms with Gasteiger partial charge in [-0.15, -0.1) is 0 Å². The van der Waals surface area contributed by atoms with E-state index >= 15 is 0 Å². The molecule has 110 valence electrons. The Morgan fingerprint density at radius 1 is 1.35 bits per heavy atom. The number of rotatable bonds is 2. The van der Waals surface area contributed by atoms with Crippen molar-refractivity contribution in [2.24, 2.45) is 0 Å². The van der Waals surface area contributed by atoms with E-state index in [0.29, 0.717) is 18.6 Å². The van der Waals surface area contributed by atoms with E-state index in [1.807, 2.05) is 39.0 Å². The van der Waals surface area contributed by atoms with Gasteiger partial charge in [-0.05, 0) is 66.4 Å². The quantitative estimate of drug-likeness (QED) is 0.769. The molecule has 0 unspecified atom stereocenters. The van der Waals surface area contributed by atoms with Gasteiger partial charge in [-0.25, -0.2) is 4.79 Å². The summed E-state index contributed by atoms with van der Waals surface area (Å²) >= 11 is 3.25. The third-order valence-corrected chi connectivity index (χ3v) is 3.29. The van der Waals surface area contributed by atoms with Crippen molar-refractivity contribution in [1.29, 1.82) is 0 Å². The van der Waals surface area contributed by atoms with E-state index in [-0.39, 0.29) is 6.09 Å². The van der Waals surface area contributed by atoms with E-state index < -0.39 is 5.60 Å². The van der Waals surface area contributed by atoms with Crippen molar-refractivity contribution in [3.05, 3.63) is 29.3 Å². The van der Waals surface area contributed by atoms with Crippen LogP contribution < -0.4 is 4.74 Å². The number of fused-ring (bicyclic) bond motifs is 1. The third-order valence-electron chi connectivity index (χ3n) is 3.06. The van der Waals surface area contributed by atoms with E-state index in [9.17, 15) is 4.79 Å². The lowest BCUT2D eigenvalue weighted by molar-refractivity contribution is 0.0224. The fourth-order valence-corrected chi connectivity index (χ4v) is 2.43. The highest BCUT2D eigenvalue weighted by Crippen LogP contribution is 2.25. The van der Waals surface area contributed by atoms with E-state index in [1.54, 1.807) is 4.90 Å². The molecule has 0 bridgehead atoms. The number of carbonyl (C=O) groups excluding carboxylic acids is 1. The number of alkyl halides is 1. The van der Waals surface area contributed by atoms with Crippen molar-refractivity contribution in [2.75, 3.05) is 12.1 Å². The fraction of sp³-hybridized carbons (Fsp3) is 0.533. The lowest BCUT2D eigenvalue weighted by Crippen LogP contribution is -2.39. The first-order valence-corrected chi connectivity index (χ1v) is 7.80. The number of carbonyl (C=O) groups is 1. The maximum absolute atomic E-state index is 12.1. The Balaban J connectivity index is 2.06. The van der Waals surface area contributed by atoms with Crippen LogP contribution >= 0.6 is 15.9 Å². The van der Waals surface area contributed by atoms with Crippen LogP contribution in [0.1, 0.15) is 31.9 Å². The van der Waals surface area contributed by atoms with Crippen molar-refractivity contribution in [3.63, 3.8) is 0 Å². The summed E-state index contributed by atoms with van der Waals surface area (Å²) in [6.45, 7) is 6.92. The number of halogens is 1. The van der Waals surface area contributed by atoms with Crippen molar-refractivity contribution in [2.45, 2.75) is 39.3 Å². The summed E-state index contributed by atoms with van der Waals surface area (Å²) < 4.78 is 10.8. The maximum Gasteiger partial charge on any atom is 0.410 e. The highest BCUT2D eigenvalue weighted by atomic mass is 79.9. The second-order valence-corrected chi connectivity index (χ2v) is 6.29.